The summed E-state index contributed by atoms with van der Waals surface area (Å²) >= 11 is 0. The maximum atomic E-state index is 14.7. The van der Waals surface area contributed by atoms with Crippen molar-refractivity contribution in [3.05, 3.63) is 83.1 Å². The lowest BCUT2D eigenvalue weighted by molar-refractivity contribution is 0.0696. The molecule has 4 rings (SSSR count). The summed E-state index contributed by atoms with van der Waals surface area (Å²) in [5.41, 5.74) is 1.98. The molecule has 0 aliphatic heterocycles. The third kappa shape index (κ3) is 4.60. The topological polar surface area (TPSA) is 101 Å². The van der Waals surface area contributed by atoms with Crippen molar-refractivity contribution in [2.24, 2.45) is 0 Å². The largest absolute Gasteiger partial charge is 0.504 e. The van der Waals surface area contributed by atoms with Gasteiger partial charge in [-0.05, 0) is 60.5 Å². The predicted molar refractivity (Wildman–Crippen MR) is 135 cm³/mol. The van der Waals surface area contributed by atoms with Crippen LogP contribution in [-0.4, -0.2) is 40.5 Å². The van der Waals surface area contributed by atoms with Gasteiger partial charge in [0, 0.05) is 29.4 Å². The number of nitrogens with one attached hydrogen (secondary N) is 1. The molecule has 0 atom stereocenters. The van der Waals surface area contributed by atoms with Gasteiger partial charge < -0.3 is 24.8 Å². The molecule has 9 heteroatoms. The van der Waals surface area contributed by atoms with Crippen LogP contribution >= 0.6 is 0 Å². The first-order valence-electron chi connectivity index (χ1n) is 11.5. The van der Waals surface area contributed by atoms with E-state index in [0.29, 0.717) is 33.6 Å². The fourth-order valence-electron chi connectivity index (χ4n) is 4.46. The summed E-state index contributed by atoms with van der Waals surface area (Å²) in [6.45, 7) is 5.17. The summed E-state index contributed by atoms with van der Waals surface area (Å²) in [6.07, 6.45) is -0.644. The van der Waals surface area contributed by atoms with Gasteiger partial charge in [0.15, 0.2) is 11.6 Å². The number of aromatic hydroxyl groups is 1. The van der Waals surface area contributed by atoms with E-state index in [-0.39, 0.29) is 17.6 Å². The minimum Gasteiger partial charge on any atom is -0.504 e. The smallest absolute Gasteiger partial charge is 0.406 e. The van der Waals surface area contributed by atoms with E-state index in [2.05, 4.69) is 5.32 Å². The minimum atomic E-state index is -1.11. The van der Waals surface area contributed by atoms with Crippen molar-refractivity contribution in [1.82, 2.24) is 9.88 Å². The van der Waals surface area contributed by atoms with Crippen molar-refractivity contribution in [2.75, 3.05) is 13.7 Å². The number of aromatic carboxylic acids is 1. The van der Waals surface area contributed by atoms with Gasteiger partial charge in [-0.2, -0.15) is 0 Å². The number of carbonyl (C=O) groups excluding carboxylic acids is 1. The van der Waals surface area contributed by atoms with Gasteiger partial charge in [-0.25, -0.2) is 18.4 Å². The Morgan fingerprint density at radius 2 is 1.68 bits per heavy atom. The molecule has 0 fully saturated rings. The molecule has 0 bridgehead atoms. The summed E-state index contributed by atoms with van der Waals surface area (Å²) < 4.78 is 36.1. The summed E-state index contributed by atoms with van der Waals surface area (Å²) in [4.78, 5) is 23.4. The standard InChI is InChI=1S/C28H26F2N2O5/c1-15-13-18(9-10-19(15)29)32-21-12-11-20(30)24(33)23(21)22(16-5-7-17(8-6-16)26(34)35)25(32)28(2,3)14-37-27(36)31-4/h5-13,33H,14H2,1-4H3,(H,31,36)(H,34,35). The van der Waals surface area contributed by atoms with Crippen LogP contribution in [0.25, 0.3) is 27.7 Å². The molecule has 192 valence electrons. The molecule has 1 aromatic heterocycles. The Labute approximate surface area is 211 Å². The number of nitrogens with zero attached hydrogens (tertiary/aromatic N) is 1. The van der Waals surface area contributed by atoms with Gasteiger partial charge in [-0.1, -0.05) is 26.0 Å². The first-order valence-corrected chi connectivity index (χ1v) is 11.5. The Balaban J connectivity index is 2.14. The third-order valence-electron chi connectivity index (χ3n) is 6.29. The Morgan fingerprint density at radius 1 is 1.03 bits per heavy atom. The van der Waals surface area contributed by atoms with Crippen molar-refractivity contribution in [3.8, 4) is 22.6 Å². The molecule has 0 spiro atoms. The van der Waals surface area contributed by atoms with Gasteiger partial charge in [0.1, 0.15) is 12.4 Å². The summed E-state index contributed by atoms with van der Waals surface area (Å²) in [5.74, 6) is -2.93. The maximum Gasteiger partial charge on any atom is 0.406 e. The van der Waals surface area contributed by atoms with Crippen LogP contribution in [0.4, 0.5) is 13.6 Å². The number of carboxylic acids is 1. The lowest BCUT2D eigenvalue weighted by atomic mass is 9.84. The Kier molecular flexibility index (Phi) is 6.64. The number of carbonyl (C=O) groups is 2. The maximum absolute atomic E-state index is 14.7. The van der Waals surface area contributed by atoms with Crippen molar-refractivity contribution in [1.29, 1.82) is 0 Å². The SMILES string of the molecule is CNC(=O)OCC(C)(C)c1c(-c2ccc(C(=O)O)cc2)c2c(O)c(F)ccc2n1-c1ccc(F)c(C)c1. The highest BCUT2D eigenvalue weighted by atomic mass is 19.1. The van der Waals surface area contributed by atoms with Crippen molar-refractivity contribution < 1.29 is 33.3 Å². The van der Waals surface area contributed by atoms with E-state index in [1.165, 1.54) is 31.3 Å². The van der Waals surface area contributed by atoms with Gasteiger partial charge in [0.2, 0.25) is 0 Å². The number of fused-ring (bicyclic) bond motifs is 1. The molecule has 0 radical (unpaired) electrons. The van der Waals surface area contributed by atoms with E-state index in [4.69, 9.17) is 4.74 Å². The number of aryl methyl sites for hydroxylation is 1. The number of hydrogen-bond donors (Lipinski definition) is 3. The van der Waals surface area contributed by atoms with E-state index >= 15 is 0 Å². The minimum absolute atomic E-state index is 0.0563. The number of carboxylic acid groups (broad SMARTS) is 1. The summed E-state index contributed by atoms with van der Waals surface area (Å²) in [7, 11) is 1.43. The average molecular weight is 509 g/mol. The predicted octanol–water partition coefficient (Wildman–Crippen LogP) is 5.92. The van der Waals surface area contributed by atoms with Crippen molar-refractivity contribution in [2.45, 2.75) is 26.2 Å². The Morgan fingerprint density at radius 3 is 2.27 bits per heavy atom. The molecule has 0 saturated heterocycles. The number of ether oxygens (including phenoxy) is 1. The van der Waals surface area contributed by atoms with Crippen LogP contribution in [-0.2, 0) is 10.2 Å². The normalized spacial score (nSPS) is 11.5. The monoisotopic (exact) mass is 508 g/mol. The van der Waals surface area contributed by atoms with Crippen LogP contribution in [0.15, 0.2) is 54.6 Å². The van der Waals surface area contributed by atoms with Crippen LogP contribution in [0.3, 0.4) is 0 Å². The van der Waals surface area contributed by atoms with Crippen LogP contribution in [0.1, 0.15) is 35.5 Å². The van der Waals surface area contributed by atoms with Gasteiger partial charge in [0.05, 0.1) is 16.5 Å². The van der Waals surface area contributed by atoms with Gasteiger partial charge in [0.25, 0.3) is 0 Å². The first kappa shape index (κ1) is 25.7. The second-order valence-electron chi connectivity index (χ2n) is 9.38. The summed E-state index contributed by atoms with van der Waals surface area (Å²) in [5, 5.41) is 22.8. The number of phenols is 1. The zero-order valence-electron chi connectivity index (χ0n) is 20.7. The van der Waals surface area contributed by atoms with Gasteiger partial charge in [-0.15, -0.1) is 0 Å². The third-order valence-corrected chi connectivity index (χ3v) is 6.29. The van der Waals surface area contributed by atoms with Crippen molar-refractivity contribution >= 4 is 23.0 Å². The number of rotatable bonds is 6. The van der Waals surface area contributed by atoms with Gasteiger partial charge in [-0.3, -0.25) is 0 Å². The number of aromatic nitrogens is 1. The second kappa shape index (κ2) is 9.57. The zero-order chi connectivity index (χ0) is 27.1. The number of phenolic OH excluding ortho intramolecular Hbond substituents is 1. The average Bonchev–Trinajstić information content (AvgIpc) is 3.23. The van der Waals surface area contributed by atoms with Crippen LogP contribution < -0.4 is 5.32 Å². The molecular weight excluding hydrogens is 482 g/mol. The molecule has 0 saturated carbocycles. The van der Waals surface area contributed by atoms with E-state index < -0.39 is 34.9 Å². The molecule has 1 heterocycles. The Bertz CT molecular complexity index is 1520. The van der Waals surface area contributed by atoms with Gasteiger partial charge >= 0.3 is 12.1 Å². The molecule has 4 aromatic rings. The van der Waals surface area contributed by atoms with Crippen LogP contribution in [0.2, 0.25) is 0 Å². The molecular formula is C28H26F2N2O5. The van der Waals surface area contributed by atoms with E-state index in [0.717, 1.165) is 6.07 Å². The zero-order valence-corrected chi connectivity index (χ0v) is 20.7. The number of halogens is 2. The number of alkyl carbamates (subject to hydrolysis) is 1. The molecule has 0 unspecified atom stereocenters. The van der Waals surface area contributed by atoms with E-state index in [9.17, 15) is 28.6 Å². The molecule has 0 aliphatic rings. The van der Waals surface area contributed by atoms with Crippen molar-refractivity contribution in [3.63, 3.8) is 0 Å². The highest BCUT2D eigenvalue weighted by Crippen LogP contribution is 2.46. The molecule has 7 nitrogen and oxygen atoms in total. The molecule has 37 heavy (non-hydrogen) atoms. The fraction of sp³-hybridized carbons (Fsp3) is 0.214. The van der Waals surface area contributed by atoms with E-state index in [1.807, 2.05) is 13.8 Å². The molecule has 0 aliphatic carbocycles. The lowest BCUT2D eigenvalue weighted by Gasteiger charge is -2.28. The molecule has 3 aromatic carbocycles. The quantitative estimate of drug-likeness (QED) is 0.300. The second-order valence-corrected chi connectivity index (χ2v) is 9.38. The fourth-order valence-corrected chi connectivity index (χ4v) is 4.46. The summed E-state index contributed by atoms with van der Waals surface area (Å²) in [6, 6.07) is 13.1. The number of hydrogen-bond acceptors (Lipinski definition) is 4. The highest BCUT2D eigenvalue weighted by molar-refractivity contribution is 6.04. The van der Waals surface area contributed by atoms with E-state index in [1.54, 1.807) is 35.8 Å². The van der Waals surface area contributed by atoms with Crippen LogP contribution in [0.5, 0.6) is 5.75 Å². The highest BCUT2D eigenvalue weighted by Gasteiger charge is 2.35. The molecule has 3 N–H and O–H groups in total. The number of amides is 1. The number of benzene rings is 3. The lowest BCUT2D eigenvalue weighted by Crippen LogP contribution is -2.32. The van der Waals surface area contributed by atoms with Crippen LogP contribution in [0, 0.1) is 18.6 Å². The Hall–Kier alpha value is -4.40. The molecule has 1 amide bonds. The first-order chi connectivity index (χ1) is 17.5.